The molecular formula is C23H24N4O2. The zero-order chi connectivity index (χ0) is 20.6. The van der Waals surface area contributed by atoms with Crippen molar-refractivity contribution in [2.24, 2.45) is 0 Å². The Balaban J connectivity index is 1.60. The van der Waals surface area contributed by atoms with E-state index in [0.717, 1.165) is 12.0 Å². The zero-order valence-corrected chi connectivity index (χ0v) is 16.5. The fraction of sp³-hybridized carbons (Fsp3) is 0.304. The Morgan fingerprint density at radius 1 is 1.17 bits per heavy atom. The Morgan fingerprint density at radius 2 is 1.93 bits per heavy atom. The second-order valence-corrected chi connectivity index (χ2v) is 7.01. The molecule has 148 valence electrons. The molecule has 1 heterocycles. The van der Waals surface area contributed by atoms with Gasteiger partial charge in [-0.05, 0) is 42.7 Å². The predicted octanol–water partition coefficient (Wildman–Crippen LogP) is 3.56. The first kappa shape index (κ1) is 20.3. The maximum Gasteiger partial charge on any atom is 0.258 e. The fourth-order valence-corrected chi connectivity index (χ4v) is 3.29. The summed E-state index contributed by atoms with van der Waals surface area (Å²) in [6, 6.07) is 16.7. The van der Waals surface area contributed by atoms with Gasteiger partial charge in [-0.15, -0.1) is 0 Å². The Hall–Kier alpha value is -3.46. The Kier molecular flexibility index (Phi) is 6.75. The molecule has 0 radical (unpaired) electrons. The van der Waals surface area contributed by atoms with Crippen molar-refractivity contribution in [1.82, 2.24) is 14.9 Å². The summed E-state index contributed by atoms with van der Waals surface area (Å²) in [6.45, 7) is 3.26. The van der Waals surface area contributed by atoms with E-state index in [2.05, 4.69) is 16.0 Å². The molecule has 0 saturated carbocycles. The molecule has 1 N–H and O–H groups in total. The van der Waals surface area contributed by atoms with Crippen molar-refractivity contribution in [2.75, 3.05) is 6.54 Å². The van der Waals surface area contributed by atoms with E-state index in [0.29, 0.717) is 54.6 Å². The lowest BCUT2D eigenvalue weighted by Gasteiger charge is -2.22. The largest absolute Gasteiger partial charge is 0.338 e. The molecule has 0 aliphatic heterocycles. The molecule has 0 unspecified atom stereocenters. The van der Waals surface area contributed by atoms with Crippen LogP contribution in [-0.2, 0) is 17.8 Å². The summed E-state index contributed by atoms with van der Waals surface area (Å²) in [5.41, 5.74) is 2.14. The van der Waals surface area contributed by atoms with Gasteiger partial charge in [0.1, 0.15) is 5.82 Å². The molecule has 0 spiro atoms. The molecule has 1 amide bonds. The molecule has 0 aliphatic carbocycles. The van der Waals surface area contributed by atoms with Crippen molar-refractivity contribution in [3.8, 4) is 6.07 Å². The molecule has 0 fully saturated rings. The number of nitrogens with one attached hydrogen (secondary N) is 1. The van der Waals surface area contributed by atoms with Crippen molar-refractivity contribution in [2.45, 2.75) is 39.2 Å². The molecule has 6 nitrogen and oxygen atoms in total. The van der Waals surface area contributed by atoms with Gasteiger partial charge in [0, 0.05) is 25.9 Å². The summed E-state index contributed by atoms with van der Waals surface area (Å²) in [7, 11) is 0. The van der Waals surface area contributed by atoms with Crippen molar-refractivity contribution >= 4 is 16.8 Å². The van der Waals surface area contributed by atoms with Crippen LogP contribution in [0, 0.1) is 11.3 Å². The summed E-state index contributed by atoms with van der Waals surface area (Å²) in [5.74, 6) is 0.690. The van der Waals surface area contributed by atoms with Crippen LogP contribution in [0.5, 0.6) is 0 Å². The number of aryl methyl sites for hydroxylation is 1. The van der Waals surface area contributed by atoms with Gasteiger partial charge in [0.05, 0.1) is 22.5 Å². The first-order valence-corrected chi connectivity index (χ1v) is 9.85. The van der Waals surface area contributed by atoms with E-state index >= 15 is 0 Å². The number of fused-ring (bicyclic) bond motifs is 1. The molecule has 3 aromatic rings. The van der Waals surface area contributed by atoms with Crippen molar-refractivity contribution in [3.63, 3.8) is 0 Å². The molecule has 0 saturated heterocycles. The standard InChI is InChI=1S/C23H24N4O2/c1-2-14-27(16-18-12-10-17(15-24)11-13-18)22(28)9-5-8-21-25-20-7-4-3-6-19(20)23(29)26-21/h3-4,6-7,10-13H,2,5,8-9,14,16H2,1H3,(H,25,26,29). The number of carbonyl (C=O) groups is 1. The Bertz CT molecular complexity index is 1080. The van der Waals surface area contributed by atoms with E-state index in [1.54, 1.807) is 18.2 Å². The van der Waals surface area contributed by atoms with E-state index in [4.69, 9.17) is 5.26 Å². The first-order valence-electron chi connectivity index (χ1n) is 9.85. The highest BCUT2D eigenvalue weighted by Gasteiger charge is 2.13. The van der Waals surface area contributed by atoms with E-state index in [1.165, 1.54) is 0 Å². The predicted molar refractivity (Wildman–Crippen MR) is 112 cm³/mol. The van der Waals surface area contributed by atoms with Gasteiger partial charge >= 0.3 is 0 Å². The quantitative estimate of drug-likeness (QED) is 0.639. The van der Waals surface area contributed by atoms with Crippen LogP contribution >= 0.6 is 0 Å². The first-order chi connectivity index (χ1) is 14.1. The number of benzene rings is 2. The summed E-state index contributed by atoms with van der Waals surface area (Å²) in [6.07, 6.45) is 2.44. The molecule has 3 rings (SSSR count). The summed E-state index contributed by atoms with van der Waals surface area (Å²) >= 11 is 0. The third-order valence-electron chi connectivity index (χ3n) is 4.77. The minimum Gasteiger partial charge on any atom is -0.338 e. The highest BCUT2D eigenvalue weighted by molar-refractivity contribution is 5.77. The number of carbonyl (C=O) groups excluding carboxylic acids is 1. The van der Waals surface area contributed by atoms with Crippen LogP contribution in [0.25, 0.3) is 10.9 Å². The third kappa shape index (κ3) is 5.29. The minimum absolute atomic E-state index is 0.0827. The molecule has 29 heavy (non-hydrogen) atoms. The number of para-hydroxylation sites is 1. The summed E-state index contributed by atoms with van der Waals surface area (Å²) in [4.78, 5) is 34.0. The highest BCUT2D eigenvalue weighted by Crippen LogP contribution is 2.11. The molecule has 6 heteroatoms. The lowest BCUT2D eigenvalue weighted by atomic mass is 10.1. The van der Waals surface area contributed by atoms with Crippen LogP contribution in [0.3, 0.4) is 0 Å². The minimum atomic E-state index is -0.148. The van der Waals surface area contributed by atoms with Gasteiger partial charge in [-0.2, -0.15) is 5.26 Å². The number of nitriles is 1. The van der Waals surface area contributed by atoms with E-state index in [-0.39, 0.29) is 11.5 Å². The van der Waals surface area contributed by atoms with Crippen LogP contribution in [0.15, 0.2) is 53.3 Å². The van der Waals surface area contributed by atoms with E-state index < -0.39 is 0 Å². The lowest BCUT2D eigenvalue weighted by molar-refractivity contribution is -0.132. The van der Waals surface area contributed by atoms with Crippen LogP contribution in [-0.4, -0.2) is 27.3 Å². The molecule has 1 aromatic heterocycles. The number of hydrogen-bond donors (Lipinski definition) is 1. The maximum absolute atomic E-state index is 12.7. The third-order valence-corrected chi connectivity index (χ3v) is 4.77. The smallest absolute Gasteiger partial charge is 0.258 e. The molecule has 0 atom stereocenters. The van der Waals surface area contributed by atoms with Gasteiger partial charge in [0.15, 0.2) is 0 Å². The number of H-pyrrole nitrogens is 1. The number of aromatic amines is 1. The Labute approximate surface area is 169 Å². The molecule has 0 aliphatic rings. The van der Waals surface area contributed by atoms with Crippen LogP contribution < -0.4 is 5.56 Å². The SMILES string of the molecule is CCCN(Cc1ccc(C#N)cc1)C(=O)CCCc1nc2ccccc2c(=O)[nH]1. The zero-order valence-electron chi connectivity index (χ0n) is 16.5. The van der Waals surface area contributed by atoms with E-state index in [1.807, 2.05) is 42.2 Å². The number of nitrogens with zero attached hydrogens (tertiary/aromatic N) is 3. The lowest BCUT2D eigenvalue weighted by Crippen LogP contribution is -2.31. The number of aromatic nitrogens is 2. The average molecular weight is 388 g/mol. The molecule has 2 aromatic carbocycles. The van der Waals surface area contributed by atoms with Crippen molar-refractivity contribution in [3.05, 3.63) is 75.8 Å². The van der Waals surface area contributed by atoms with Crippen molar-refractivity contribution in [1.29, 1.82) is 5.26 Å². The number of rotatable bonds is 8. The van der Waals surface area contributed by atoms with Crippen LogP contribution in [0.1, 0.15) is 43.1 Å². The fourth-order valence-electron chi connectivity index (χ4n) is 3.29. The van der Waals surface area contributed by atoms with E-state index in [9.17, 15) is 9.59 Å². The van der Waals surface area contributed by atoms with Gasteiger partial charge in [0.25, 0.3) is 5.56 Å². The number of hydrogen-bond acceptors (Lipinski definition) is 4. The van der Waals surface area contributed by atoms with Crippen molar-refractivity contribution < 1.29 is 4.79 Å². The molecule has 0 bridgehead atoms. The summed E-state index contributed by atoms with van der Waals surface area (Å²) < 4.78 is 0. The average Bonchev–Trinajstić information content (AvgIpc) is 2.74. The van der Waals surface area contributed by atoms with Gasteiger partial charge in [0.2, 0.25) is 5.91 Å². The van der Waals surface area contributed by atoms with Crippen LogP contribution in [0.4, 0.5) is 0 Å². The monoisotopic (exact) mass is 388 g/mol. The topological polar surface area (TPSA) is 89.8 Å². The summed E-state index contributed by atoms with van der Waals surface area (Å²) in [5, 5.41) is 9.48. The van der Waals surface area contributed by atoms with Gasteiger partial charge in [-0.3, -0.25) is 9.59 Å². The Morgan fingerprint density at radius 3 is 2.66 bits per heavy atom. The maximum atomic E-state index is 12.7. The molecular weight excluding hydrogens is 364 g/mol. The van der Waals surface area contributed by atoms with Gasteiger partial charge in [-0.1, -0.05) is 31.2 Å². The van der Waals surface area contributed by atoms with Gasteiger partial charge < -0.3 is 9.88 Å². The van der Waals surface area contributed by atoms with Gasteiger partial charge in [-0.25, -0.2) is 4.98 Å². The second kappa shape index (κ2) is 9.65. The van der Waals surface area contributed by atoms with Crippen LogP contribution in [0.2, 0.25) is 0 Å². The second-order valence-electron chi connectivity index (χ2n) is 7.01. The number of amides is 1. The highest BCUT2D eigenvalue weighted by atomic mass is 16.2. The normalized spacial score (nSPS) is 10.6.